The molecular weight excluding hydrogens is 138 g/mol. The second-order valence-corrected chi connectivity index (χ2v) is 3.17. The lowest BCUT2D eigenvalue weighted by atomic mass is 10.2. The van der Waals surface area contributed by atoms with Crippen molar-refractivity contribution in [3.63, 3.8) is 0 Å². The summed E-state index contributed by atoms with van der Waals surface area (Å²) in [5.41, 5.74) is 1.03. The number of nitrogens with zero attached hydrogens (tertiary/aromatic N) is 1. The van der Waals surface area contributed by atoms with E-state index >= 15 is 0 Å². The molecule has 1 radical (unpaired) electrons. The Morgan fingerprint density at radius 1 is 1.45 bits per heavy atom. The lowest BCUT2D eigenvalue weighted by Crippen LogP contribution is -2.34. The average molecular weight is 151 g/mol. The minimum absolute atomic E-state index is 0.0412. The summed E-state index contributed by atoms with van der Waals surface area (Å²) < 4.78 is -0.0412. The second kappa shape index (κ2) is 3.03. The lowest BCUT2D eigenvalue weighted by Gasteiger charge is -2.18. The molecule has 59 valence electrons. The van der Waals surface area contributed by atoms with Crippen molar-refractivity contribution in [1.82, 2.24) is 0 Å². The molecule has 0 aromatic heterocycles. The van der Waals surface area contributed by atoms with Gasteiger partial charge in [0.2, 0.25) is 0 Å². The van der Waals surface area contributed by atoms with E-state index in [1.165, 1.54) is 0 Å². The number of rotatable bonds is 2. The first-order valence-corrected chi connectivity index (χ1v) is 3.59. The number of benzene rings is 1. The molecule has 0 bridgehead atoms. The van der Waals surface area contributed by atoms with Crippen molar-refractivity contribution in [2.24, 2.45) is 0 Å². The third kappa shape index (κ3) is 3.16. The summed E-state index contributed by atoms with van der Waals surface area (Å²) in [6, 6.07) is 10.7. The first-order chi connectivity index (χ1) is 5.08. The van der Waals surface area contributed by atoms with Crippen LogP contribution in [0.4, 0.5) is 0 Å². The number of hydrogen-bond acceptors (Lipinski definition) is 1. The third-order valence-electron chi connectivity index (χ3n) is 1.33. The topological polar surface area (TPSA) is 20.2 Å². The average Bonchev–Trinajstić information content (AvgIpc) is 1.85. The highest BCUT2D eigenvalue weighted by Crippen LogP contribution is 2.04. The molecule has 2 heteroatoms. The third-order valence-corrected chi connectivity index (χ3v) is 1.33. The van der Waals surface area contributed by atoms with E-state index < -0.39 is 0 Å². The summed E-state index contributed by atoms with van der Waals surface area (Å²) in [7, 11) is 3.47. The molecule has 1 aromatic rings. The van der Waals surface area contributed by atoms with Crippen LogP contribution in [0.15, 0.2) is 24.3 Å². The van der Waals surface area contributed by atoms with Gasteiger partial charge in [0.1, 0.15) is 6.54 Å². The summed E-state index contributed by atoms with van der Waals surface area (Å²) in [5, 5.41) is 9.39. The van der Waals surface area contributed by atoms with Gasteiger partial charge in [-0.1, -0.05) is 24.3 Å². The zero-order chi connectivity index (χ0) is 8.32. The van der Waals surface area contributed by atoms with Gasteiger partial charge in [0.05, 0.1) is 14.1 Å². The zero-order valence-electron chi connectivity index (χ0n) is 6.91. The number of quaternary nitrogens is 1. The van der Waals surface area contributed by atoms with Gasteiger partial charge >= 0.3 is 0 Å². The molecule has 1 rings (SSSR count). The summed E-state index contributed by atoms with van der Waals surface area (Å²) in [6.07, 6.45) is 0. The molecule has 0 atom stereocenters. The molecule has 1 N–H and O–H groups in total. The molecule has 1 aromatic carbocycles. The largest absolute Gasteiger partial charge is 0.217 e. The molecular formula is C9H13NO+. The van der Waals surface area contributed by atoms with Crippen LogP contribution in [0.1, 0.15) is 5.56 Å². The summed E-state index contributed by atoms with van der Waals surface area (Å²) in [6.45, 7) is 0.598. The summed E-state index contributed by atoms with van der Waals surface area (Å²) in [5.74, 6) is 0. The second-order valence-electron chi connectivity index (χ2n) is 3.17. The maximum Gasteiger partial charge on any atom is 0.134 e. The van der Waals surface area contributed by atoms with Crippen molar-refractivity contribution in [2.75, 3.05) is 14.1 Å². The highest BCUT2D eigenvalue weighted by Gasteiger charge is 2.10. The Bertz CT molecular complexity index is 213. The van der Waals surface area contributed by atoms with Crippen LogP contribution < -0.4 is 0 Å². The smallest absolute Gasteiger partial charge is 0.134 e. The van der Waals surface area contributed by atoms with Crippen molar-refractivity contribution >= 4 is 0 Å². The standard InChI is InChI=1S/C9H13NO/c1-10(2,11)8-9-6-4-3-5-7-9/h3-6,11H,8H2,1-2H3/q+1. The fourth-order valence-electron chi connectivity index (χ4n) is 0.946. The molecule has 0 aliphatic heterocycles. The molecule has 0 saturated carbocycles. The Labute approximate surface area is 67.2 Å². The van der Waals surface area contributed by atoms with Crippen LogP contribution in [0.5, 0.6) is 0 Å². The van der Waals surface area contributed by atoms with Crippen molar-refractivity contribution in [1.29, 1.82) is 0 Å². The van der Waals surface area contributed by atoms with Crippen LogP contribution in [0.2, 0.25) is 0 Å². The Morgan fingerprint density at radius 3 is 2.64 bits per heavy atom. The van der Waals surface area contributed by atoms with Crippen LogP contribution in [0.3, 0.4) is 0 Å². The van der Waals surface area contributed by atoms with Gasteiger partial charge in [-0.2, -0.15) is 4.65 Å². The lowest BCUT2D eigenvalue weighted by molar-refractivity contribution is -1.08. The first-order valence-electron chi connectivity index (χ1n) is 3.59. The zero-order valence-corrected chi connectivity index (χ0v) is 6.91. The SMILES string of the molecule is C[N+](C)(O)Cc1[c]cccc1. The van der Waals surface area contributed by atoms with E-state index in [0.29, 0.717) is 6.54 Å². The minimum atomic E-state index is -0.0412. The highest BCUT2D eigenvalue weighted by molar-refractivity contribution is 5.11. The molecule has 0 fully saturated rings. The Morgan fingerprint density at radius 2 is 2.18 bits per heavy atom. The van der Waals surface area contributed by atoms with Gasteiger partial charge in [0, 0.05) is 5.56 Å². The van der Waals surface area contributed by atoms with E-state index in [-0.39, 0.29) is 4.65 Å². The van der Waals surface area contributed by atoms with Gasteiger partial charge in [-0.05, 0) is 6.07 Å². The van der Waals surface area contributed by atoms with Crippen LogP contribution in [0.25, 0.3) is 0 Å². The Balaban J connectivity index is 2.66. The van der Waals surface area contributed by atoms with Gasteiger partial charge < -0.3 is 0 Å². The van der Waals surface area contributed by atoms with E-state index in [9.17, 15) is 5.21 Å². The fraction of sp³-hybridized carbons (Fsp3) is 0.333. The van der Waals surface area contributed by atoms with Crippen LogP contribution >= 0.6 is 0 Å². The first kappa shape index (κ1) is 8.24. The van der Waals surface area contributed by atoms with E-state index in [2.05, 4.69) is 6.07 Å². The van der Waals surface area contributed by atoms with E-state index in [4.69, 9.17) is 0 Å². The van der Waals surface area contributed by atoms with Crippen molar-refractivity contribution in [3.05, 3.63) is 35.9 Å². The molecule has 0 aliphatic carbocycles. The van der Waals surface area contributed by atoms with Crippen LogP contribution in [-0.4, -0.2) is 23.9 Å². The monoisotopic (exact) mass is 151 g/mol. The molecule has 0 unspecified atom stereocenters. The van der Waals surface area contributed by atoms with Crippen LogP contribution in [0, 0.1) is 6.07 Å². The molecule has 0 aliphatic rings. The summed E-state index contributed by atoms with van der Waals surface area (Å²) in [4.78, 5) is 0. The minimum Gasteiger partial charge on any atom is -0.217 e. The van der Waals surface area contributed by atoms with Crippen molar-refractivity contribution in [2.45, 2.75) is 6.54 Å². The molecule has 2 nitrogen and oxygen atoms in total. The Hall–Kier alpha value is -0.860. The molecule has 11 heavy (non-hydrogen) atoms. The predicted octanol–water partition coefficient (Wildman–Crippen LogP) is 1.45. The Kier molecular flexibility index (Phi) is 2.27. The molecule has 0 amide bonds. The maximum absolute atomic E-state index is 9.39. The van der Waals surface area contributed by atoms with Crippen molar-refractivity contribution in [3.8, 4) is 0 Å². The quantitative estimate of drug-likeness (QED) is 0.501. The highest BCUT2D eigenvalue weighted by atomic mass is 16.5. The maximum atomic E-state index is 9.39. The van der Waals surface area contributed by atoms with Gasteiger partial charge in [-0.25, -0.2) is 5.21 Å². The van der Waals surface area contributed by atoms with Crippen molar-refractivity contribution < 1.29 is 9.85 Å². The fourth-order valence-corrected chi connectivity index (χ4v) is 0.946. The van der Waals surface area contributed by atoms with Gasteiger partial charge in [-0.3, -0.25) is 0 Å². The van der Waals surface area contributed by atoms with Gasteiger partial charge in [-0.15, -0.1) is 0 Å². The number of hydrogen-bond donors (Lipinski definition) is 1. The van der Waals surface area contributed by atoms with E-state index in [1.807, 2.05) is 24.3 Å². The normalized spacial score (nSPS) is 11.5. The predicted molar refractivity (Wildman–Crippen MR) is 42.9 cm³/mol. The molecule has 0 spiro atoms. The summed E-state index contributed by atoms with van der Waals surface area (Å²) >= 11 is 0. The molecule has 0 heterocycles. The van der Waals surface area contributed by atoms with E-state index in [0.717, 1.165) is 5.56 Å². The van der Waals surface area contributed by atoms with E-state index in [1.54, 1.807) is 14.1 Å². The van der Waals surface area contributed by atoms with Gasteiger partial charge in [0.15, 0.2) is 0 Å². The number of hydroxylamine groups is 3. The van der Waals surface area contributed by atoms with Crippen LogP contribution in [-0.2, 0) is 6.54 Å². The molecule has 0 saturated heterocycles. The van der Waals surface area contributed by atoms with Gasteiger partial charge in [0.25, 0.3) is 0 Å².